The molecule has 0 spiro atoms. The molecule has 0 aliphatic carbocycles. The number of nitrogens with zero attached hydrogens (tertiary/aromatic N) is 2. The van der Waals surface area contributed by atoms with Crippen LogP contribution in [0.5, 0.6) is 5.75 Å². The number of phenols is 1. The van der Waals surface area contributed by atoms with Gasteiger partial charge in [0.15, 0.2) is 0 Å². The van der Waals surface area contributed by atoms with E-state index in [1.807, 2.05) is 6.07 Å². The van der Waals surface area contributed by atoms with E-state index in [0.717, 1.165) is 63.3 Å². The van der Waals surface area contributed by atoms with E-state index in [0.29, 0.717) is 23.2 Å². The van der Waals surface area contributed by atoms with Gasteiger partial charge in [-0.05, 0) is 62.9 Å². The number of amides is 1. The monoisotopic (exact) mass is 440 g/mol. The molecule has 8 nitrogen and oxygen atoms in total. The standard InChI is InChI=1S/C19H27ClN2O2.C2H2O4/c1-14-4-10-22(11-5-14)19(24)15-6-8-21(9-7-15)13-16-12-17(20)2-3-18(16)23;3-1(4)2(5)6/h2-3,12,14-15,23H,4-11,13H2,1H3;(H,3,4)(H,5,6). The number of hydrogen-bond acceptors (Lipinski definition) is 5. The Morgan fingerprint density at radius 2 is 1.57 bits per heavy atom. The summed E-state index contributed by atoms with van der Waals surface area (Å²) >= 11 is 6.02. The summed E-state index contributed by atoms with van der Waals surface area (Å²) in [6.45, 7) is 6.60. The minimum atomic E-state index is -1.82. The van der Waals surface area contributed by atoms with Crippen molar-refractivity contribution in [1.29, 1.82) is 0 Å². The highest BCUT2D eigenvalue weighted by Crippen LogP contribution is 2.27. The van der Waals surface area contributed by atoms with Crippen molar-refractivity contribution in [1.82, 2.24) is 9.80 Å². The van der Waals surface area contributed by atoms with E-state index in [4.69, 9.17) is 31.4 Å². The van der Waals surface area contributed by atoms with Crippen molar-refractivity contribution in [2.75, 3.05) is 26.2 Å². The predicted molar refractivity (Wildman–Crippen MR) is 111 cm³/mol. The number of halogens is 1. The van der Waals surface area contributed by atoms with E-state index < -0.39 is 11.9 Å². The third-order valence-electron chi connectivity index (χ3n) is 5.65. The maximum absolute atomic E-state index is 12.7. The van der Waals surface area contributed by atoms with Crippen molar-refractivity contribution >= 4 is 29.4 Å². The van der Waals surface area contributed by atoms with Gasteiger partial charge in [0.1, 0.15) is 5.75 Å². The summed E-state index contributed by atoms with van der Waals surface area (Å²) in [7, 11) is 0. The Kier molecular flexibility index (Phi) is 8.92. The minimum absolute atomic E-state index is 0.169. The first kappa shape index (κ1) is 24.0. The number of rotatable bonds is 3. The van der Waals surface area contributed by atoms with Gasteiger partial charge in [0.2, 0.25) is 5.91 Å². The fourth-order valence-corrected chi connectivity index (χ4v) is 3.94. The van der Waals surface area contributed by atoms with Crippen molar-refractivity contribution in [2.45, 2.75) is 39.2 Å². The molecule has 0 atom stereocenters. The lowest BCUT2D eigenvalue weighted by atomic mass is 9.92. The molecule has 9 heteroatoms. The fourth-order valence-electron chi connectivity index (χ4n) is 3.75. The molecule has 1 aromatic rings. The van der Waals surface area contributed by atoms with E-state index >= 15 is 0 Å². The first-order valence-corrected chi connectivity index (χ1v) is 10.5. The number of phenolic OH excluding ortho intramolecular Hbond substituents is 1. The Labute approximate surface area is 181 Å². The first-order chi connectivity index (χ1) is 14.2. The molecule has 0 bridgehead atoms. The number of aromatic hydroxyl groups is 1. The summed E-state index contributed by atoms with van der Waals surface area (Å²) in [6.07, 6.45) is 4.09. The van der Waals surface area contributed by atoms with Crippen LogP contribution in [0.2, 0.25) is 5.02 Å². The van der Waals surface area contributed by atoms with Gasteiger partial charge in [-0.1, -0.05) is 18.5 Å². The SMILES string of the molecule is CC1CCN(C(=O)C2CCN(Cc3cc(Cl)ccc3O)CC2)CC1.O=C(O)C(=O)O. The summed E-state index contributed by atoms with van der Waals surface area (Å²) in [5.41, 5.74) is 0.859. The molecule has 3 N–H and O–H groups in total. The Balaban J connectivity index is 0.000000469. The maximum Gasteiger partial charge on any atom is 0.414 e. The van der Waals surface area contributed by atoms with Crippen LogP contribution >= 0.6 is 11.6 Å². The van der Waals surface area contributed by atoms with Crippen LogP contribution < -0.4 is 0 Å². The smallest absolute Gasteiger partial charge is 0.414 e. The second-order valence-corrected chi connectivity index (χ2v) is 8.38. The van der Waals surface area contributed by atoms with Crippen molar-refractivity contribution in [2.24, 2.45) is 11.8 Å². The van der Waals surface area contributed by atoms with E-state index in [1.165, 1.54) is 0 Å². The van der Waals surface area contributed by atoms with Gasteiger partial charge in [-0.2, -0.15) is 0 Å². The third-order valence-corrected chi connectivity index (χ3v) is 5.89. The van der Waals surface area contributed by atoms with E-state index in [1.54, 1.807) is 12.1 Å². The lowest BCUT2D eigenvalue weighted by molar-refractivity contribution is -0.159. The van der Waals surface area contributed by atoms with Crippen LogP contribution in [0.3, 0.4) is 0 Å². The van der Waals surface area contributed by atoms with Crippen LogP contribution in [-0.4, -0.2) is 69.1 Å². The number of carboxylic acid groups (broad SMARTS) is 2. The highest BCUT2D eigenvalue weighted by atomic mass is 35.5. The van der Waals surface area contributed by atoms with Crippen molar-refractivity contribution in [3.63, 3.8) is 0 Å². The number of carbonyl (C=O) groups is 3. The van der Waals surface area contributed by atoms with Crippen LogP contribution in [0.1, 0.15) is 38.2 Å². The van der Waals surface area contributed by atoms with E-state index in [9.17, 15) is 9.90 Å². The Hall–Kier alpha value is -2.32. The minimum Gasteiger partial charge on any atom is -0.508 e. The van der Waals surface area contributed by atoms with Crippen LogP contribution in [0, 0.1) is 11.8 Å². The van der Waals surface area contributed by atoms with Crippen LogP contribution in [0.15, 0.2) is 18.2 Å². The predicted octanol–water partition coefficient (Wildman–Crippen LogP) is 2.67. The van der Waals surface area contributed by atoms with E-state index in [2.05, 4.69) is 16.7 Å². The molecule has 1 amide bonds. The summed E-state index contributed by atoms with van der Waals surface area (Å²) in [5.74, 6) is -2.08. The molecular formula is C21H29ClN2O6. The number of likely N-dealkylation sites (tertiary alicyclic amines) is 2. The van der Waals surface area contributed by atoms with Gasteiger partial charge in [0, 0.05) is 36.1 Å². The molecule has 0 radical (unpaired) electrons. The van der Waals surface area contributed by atoms with Gasteiger partial charge < -0.3 is 20.2 Å². The zero-order chi connectivity index (χ0) is 22.3. The largest absolute Gasteiger partial charge is 0.508 e. The molecule has 2 aliphatic rings. The summed E-state index contributed by atoms with van der Waals surface area (Å²) in [5, 5.41) is 25.4. The number of carboxylic acids is 2. The third kappa shape index (κ3) is 7.18. The fraction of sp³-hybridized carbons (Fsp3) is 0.571. The van der Waals surface area contributed by atoms with Crippen molar-refractivity contribution < 1.29 is 29.7 Å². The molecule has 3 rings (SSSR count). The Morgan fingerprint density at radius 1 is 1.00 bits per heavy atom. The maximum atomic E-state index is 12.7. The normalized spacial score (nSPS) is 18.4. The highest BCUT2D eigenvalue weighted by Gasteiger charge is 2.30. The van der Waals surface area contributed by atoms with E-state index in [-0.39, 0.29) is 5.92 Å². The number of aliphatic carboxylic acids is 2. The van der Waals surface area contributed by atoms with Gasteiger partial charge in [0.05, 0.1) is 0 Å². The molecule has 2 saturated heterocycles. The van der Waals surface area contributed by atoms with Crippen molar-refractivity contribution in [3.05, 3.63) is 28.8 Å². The summed E-state index contributed by atoms with van der Waals surface area (Å²) < 4.78 is 0. The number of hydrogen-bond donors (Lipinski definition) is 3. The van der Waals surface area contributed by atoms with Crippen LogP contribution in [-0.2, 0) is 20.9 Å². The molecule has 2 fully saturated rings. The number of benzene rings is 1. The van der Waals surface area contributed by atoms with Crippen LogP contribution in [0.25, 0.3) is 0 Å². The lowest BCUT2D eigenvalue weighted by Crippen LogP contribution is -2.45. The molecule has 2 aliphatic heterocycles. The van der Waals surface area contributed by atoms with Crippen LogP contribution in [0.4, 0.5) is 0 Å². The molecule has 2 heterocycles. The second kappa shape index (κ2) is 11.2. The second-order valence-electron chi connectivity index (χ2n) is 7.94. The highest BCUT2D eigenvalue weighted by molar-refractivity contribution is 6.30. The number of piperidine rings is 2. The average Bonchev–Trinajstić information content (AvgIpc) is 2.72. The van der Waals surface area contributed by atoms with Gasteiger partial charge in [-0.3, -0.25) is 9.69 Å². The molecule has 0 aromatic heterocycles. The molecular weight excluding hydrogens is 412 g/mol. The topological polar surface area (TPSA) is 118 Å². The number of carbonyl (C=O) groups excluding carboxylic acids is 1. The molecule has 0 unspecified atom stereocenters. The van der Waals surface area contributed by atoms with Crippen molar-refractivity contribution in [3.8, 4) is 5.75 Å². The lowest BCUT2D eigenvalue weighted by Gasteiger charge is -2.36. The van der Waals surface area contributed by atoms with Gasteiger partial charge in [-0.15, -0.1) is 0 Å². The summed E-state index contributed by atoms with van der Waals surface area (Å²) in [6, 6.07) is 5.17. The molecule has 1 aromatic carbocycles. The Morgan fingerprint density at radius 3 is 2.10 bits per heavy atom. The zero-order valence-corrected chi connectivity index (χ0v) is 17.8. The quantitative estimate of drug-likeness (QED) is 0.618. The van der Waals surface area contributed by atoms with Gasteiger partial charge in [-0.25, -0.2) is 9.59 Å². The first-order valence-electron chi connectivity index (χ1n) is 10.1. The average molecular weight is 441 g/mol. The summed E-state index contributed by atoms with van der Waals surface area (Å²) in [4.78, 5) is 35.2. The molecule has 30 heavy (non-hydrogen) atoms. The zero-order valence-electron chi connectivity index (χ0n) is 17.1. The van der Waals surface area contributed by atoms with Gasteiger partial charge in [0.25, 0.3) is 0 Å². The molecule has 166 valence electrons. The molecule has 0 saturated carbocycles. The van der Waals surface area contributed by atoms with Gasteiger partial charge >= 0.3 is 11.9 Å². The Bertz CT molecular complexity index is 744.